The minimum Gasteiger partial charge on any atom is -0.481 e. The number of Topliss-reactive ketones (excluding diaryl/α,β-unsaturated/α-hetero) is 3. The van der Waals surface area contributed by atoms with Crippen molar-refractivity contribution in [1.29, 1.82) is 0 Å². The molecule has 0 radical (unpaired) electrons. The van der Waals surface area contributed by atoms with Crippen LogP contribution in [0.3, 0.4) is 0 Å². The minimum absolute atomic E-state index is 0.0193. The maximum absolute atomic E-state index is 14.4. The Hall–Kier alpha value is -3.90. The molecule has 3 heterocycles. The number of rotatable bonds is 6. The van der Waals surface area contributed by atoms with Crippen LogP contribution in [0, 0.1) is 35.5 Å². The molecule has 4 rings (SSSR count). The van der Waals surface area contributed by atoms with Gasteiger partial charge in [0.2, 0.25) is 5.79 Å². The molecule has 16 heteroatoms. The number of hydrogen-bond acceptors (Lipinski definition) is 14. The number of ether oxygens (including phenoxy) is 5. The third-order valence-corrected chi connectivity index (χ3v) is 14.5. The van der Waals surface area contributed by atoms with E-state index in [1.54, 1.807) is 41.1 Å². The molecule has 0 aromatic heterocycles. The molecule has 1 aliphatic carbocycles. The van der Waals surface area contributed by atoms with Crippen molar-refractivity contribution in [2.75, 3.05) is 27.9 Å². The standard InChI is InChI=1S/C51H79NO13.C2H4O2/c1-30-16-12-11-13-17-31(2)42(61-8)28-38-21-19-36(7)51(60,65-38)48(57)49(58)52-23-15-14-18-39(52)50(59)64-43(33(4)26-37-20-22-40(53)44(27-37)62-9)29-41(54)32(3)25-35(6)46(56)47(63-10)45(55)34(5)24-30;1-2(3)4/h11-13,16-17,25,30,32-34,36-40,42-44,46-47,53,56,60H,14-15,18-24,26-29H2,1-10H3;1H3,(H,3,4)/b13-11+,16-12+,31-17+,35-25+;/t30-,32-,33-,34-,36-,37+,38+,39+,40-,42+,43+,44-,46-,47+,51-;/m1./s1. The molecule has 15 atom stereocenters. The number of carboxylic acids is 1. The Morgan fingerprint density at radius 3 is 2.19 bits per heavy atom. The number of methoxy groups -OCH3 is 3. The van der Waals surface area contributed by atoms with Gasteiger partial charge in [-0.25, -0.2) is 4.79 Å². The van der Waals surface area contributed by atoms with E-state index in [0.29, 0.717) is 63.4 Å². The van der Waals surface area contributed by atoms with Crippen molar-refractivity contribution in [2.24, 2.45) is 35.5 Å². The smallest absolute Gasteiger partial charge is 0.329 e. The highest BCUT2D eigenvalue weighted by molar-refractivity contribution is 6.39. The molecule has 1 saturated carbocycles. The van der Waals surface area contributed by atoms with E-state index in [9.17, 15) is 39.3 Å². The average Bonchev–Trinajstić information content (AvgIpc) is 3.30. The Bertz CT molecular complexity index is 1850. The van der Waals surface area contributed by atoms with Crippen LogP contribution in [0.1, 0.15) is 132 Å². The SMILES string of the molecule is CC(=O)O.CO[C@H]1C[C@@H]2CC[C@@H](C)[C@@](O)(O2)C(=O)C(=O)N2CCCC[C@H]2C(=O)O[C@H]([C@H](C)C[C@@H]2CC[C@@H](O)[C@H](OC)C2)CC(=O)[C@H](C)/C=C(\C)[C@@H](O)[C@@H](OC)C(=O)[C@H](C)C[C@H](C)/C=C/C=C/C=C/1C. The molecule has 390 valence electrons. The third-order valence-electron chi connectivity index (χ3n) is 14.5. The van der Waals surface area contributed by atoms with E-state index >= 15 is 0 Å². The third kappa shape index (κ3) is 17.1. The quantitative estimate of drug-likeness (QED) is 0.131. The Labute approximate surface area is 409 Å². The van der Waals surface area contributed by atoms with Gasteiger partial charge in [-0.1, -0.05) is 71.1 Å². The Kier molecular flexibility index (Phi) is 24.3. The van der Waals surface area contributed by atoms with Crippen molar-refractivity contribution < 1.29 is 72.9 Å². The number of piperidine rings is 1. The number of nitrogens with zero attached hydrogens (tertiary/aromatic N) is 1. The summed E-state index contributed by atoms with van der Waals surface area (Å²) >= 11 is 0. The number of aliphatic hydroxyl groups excluding tert-OH is 2. The van der Waals surface area contributed by atoms with Crippen molar-refractivity contribution >= 4 is 35.2 Å². The van der Waals surface area contributed by atoms with Gasteiger partial charge < -0.3 is 49.0 Å². The van der Waals surface area contributed by atoms with Crippen molar-refractivity contribution in [3.8, 4) is 0 Å². The first-order valence-corrected chi connectivity index (χ1v) is 24.9. The number of carbonyl (C=O) groups is 6. The first kappa shape index (κ1) is 59.4. The number of esters is 1. The highest BCUT2D eigenvalue weighted by Gasteiger charge is 2.53. The summed E-state index contributed by atoms with van der Waals surface area (Å²) in [5.41, 5.74) is 1.27. The molecule has 0 unspecified atom stereocenters. The molecule has 69 heavy (non-hydrogen) atoms. The van der Waals surface area contributed by atoms with Gasteiger partial charge in [-0.2, -0.15) is 0 Å². The summed E-state index contributed by atoms with van der Waals surface area (Å²) in [4.78, 5) is 80.8. The first-order chi connectivity index (χ1) is 32.5. The summed E-state index contributed by atoms with van der Waals surface area (Å²) in [7, 11) is 4.52. The fourth-order valence-corrected chi connectivity index (χ4v) is 10.1. The van der Waals surface area contributed by atoms with Crippen LogP contribution >= 0.6 is 0 Å². The lowest BCUT2D eigenvalue weighted by Crippen LogP contribution is -2.61. The van der Waals surface area contributed by atoms with Crippen LogP contribution in [-0.4, -0.2) is 143 Å². The molecule has 2 bridgehead atoms. The highest BCUT2D eigenvalue weighted by atomic mass is 16.6. The van der Waals surface area contributed by atoms with Gasteiger partial charge >= 0.3 is 5.97 Å². The molecule has 16 nitrogen and oxygen atoms in total. The molecule has 1 amide bonds. The number of carboxylic acid groups (broad SMARTS) is 1. The Morgan fingerprint density at radius 2 is 1.55 bits per heavy atom. The number of cyclic esters (lactones) is 1. The summed E-state index contributed by atoms with van der Waals surface area (Å²) in [6.45, 7) is 13.8. The summed E-state index contributed by atoms with van der Waals surface area (Å²) in [6.07, 6.45) is 11.2. The van der Waals surface area contributed by atoms with Crippen molar-refractivity contribution in [3.63, 3.8) is 0 Å². The molecule has 3 aliphatic heterocycles. The van der Waals surface area contributed by atoms with Gasteiger partial charge in [0.1, 0.15) is 30.1 Å². The second-order valence-electron chi connectivity index (χ2n) is 20.1. The molecule has 3 fully saturated rings. The van der Waals surface area contributed by atoms with E-state index < -0.39 is 89.8 Å². The normalized spacial score (nSPS) is 38.4. The van der Waals surface area contributed by atoms with E-state index in [2.05, 4.69) is 0 Å². The van der Waals surface area contributed by atoms with Crippen molar-refractivity contribution in [2.45, 2.75) is 187 Å². The molecule has 2 saturated heterocycles. The second kappa shape index (κ2) is 28.2. The monoisotopic (exact) mass is 974 g/mol. The second-order valence-corrected chi connectivity index (χ2v) is 20.1. The minimum atomic E-state index is -2.43. The van der Waals surface area contributed by atoms with Gasteiger partial charge in [-0.3, -0.25) is 24.0 Å². The van der Waals surface area contributed by atoms with Gasteiger partial charge in [0.15, 0.2) is 5.78 Å². The van der Waals surface area contributed by atoms with E-state index in [4.69, 9.17) is 33.6 Å². The number of hydrogen-bond donors (Lipinski definition) is 4. The van der Waals surface area contributed by atoms with Crippen LogP contribution in [0.4, 0.5) is 0 Å². The van der Waals surface area contributed by atoms with E-state index in [1.807, 2.05) is 58.1 Å². The van der Waals surface area contributed by atoms with Gasteiger partial charge in [-0.15, -0.1) is 0 Å². The molecule has 0 spiro atoms. The fourth-order valence-electron chi connectivity index (χ4n) is 10.1. The zero-order valence-corrected chi connectivity index (χ0v) is 43.0. The number of fused-ring (bicyclic) bond motifs is 3. The summed E-state index contributed by atoms with van der Waals surface area (Å²) in [6, 6.07) is -1.14. The van der Waals surface area contributed by atoms with Gasteiger partial charge in [0.05, 0.1) is 24.4 Å². The van der Waals surface area contributed by atoms with Crippen LogP contribution in [0.2, 0.25) is 0 Å². The zero-order valence-electron chi connectivity index (χ0n) is 43.0. The number of aliphatic carboxylic acids is 1. The highest BCUT2D eigenvalue weighted by Crippen LogP contribution is 2.38. The molecule has 4 aliphatic rings. The lowest BCUT2D eigenvalue weighted by atomic mass is 9.78. The van der Waals surface area contributed by atoms with Gasteiger partial charge in [0.25, 0.3) is 17.7 Å². The van der Waals surface area contributed by atoms with Gasteiger partial charge in [-0.05, 0) is 107 Å². The van der Waals surface area contributed by atoms with Crippen LogP contribution in [-0.2, 0) is 52.5 Å². The maximum Gasteiger partial charge on any atom is 0.329 e. The molecular weight excluding hydrogens is 891 g/mol. The molecule has 0 aromatic carbocycles. The van der Waals surface area contributed by atoms with E-state index in [1.165, 1.54) is 12.0 Å². The predicted molar refractivity (Wildman–Crippen MR) is 258 cm³/mol. The Balaban J connectivity index is 0.00000303. The lowest BCUT2D eigenvalue weighted by Gasteiger charge is -2.42. The fraction of sp³-hybridized carbons (Fsp3) is 0.736. The molecular formula is C53H83NO15. The zero-order chi connectivity index (χ0) is 51.7. The van der Waals surface area contributed by atoms with Crippen molar-refractivity contribution in [3.05, 3.63) is 47.6 Å². The lowest BCUT2D eigenvalue weighted by molar-refractivity contribution is -0.265. The number of carbonyl (C=O) groups excluding carboxylic acids is 5. The number of ketones is 3. The maximum atomic E-state index is 14.4. The number of aliphatic hydroxyl groups is 3. The summed E-state index contributed by atoms with van der Waals surface area (Å²) in [5, 5.41) is 41.3. The first-order valence-electron chi connectivity index (χ1n) is 24.9. The largest absolute Gasteiger partial charge is 0.481 e. The van der Waals surface area contributed by atoms with E-state index in [0.717, 1.165) is 18.9 Å². The molecule has 4 N–H and O–H groups in total. The number of amides is 1. The van der Waals surface area contributed by atoms with Crippen LogP contribution < -0.4 is 0 Å². The number of allylic oxidation sites excluding steroid dienone is 6. The predicted octanol–water partition coefficient (Wildman–Crippen LogP) is 6.27. The van der Waals surface area contributed by atoms with E-state index in [-0.39, 0.29) is 54.8 Å². The van der Waals surface area contributed by atoms with Crippen LogP contribution in [0.25, 0.3) is 0 Å². The topological polar surface area (TPSA) is 233 Å². The average molecular weight is 974 g/mol. The van der Waals surface area contributed by atoms with Gasteiger partial charge in [0, 0.05) is 65.4 Å². The van der Waals surface area contributed by atoms with Crippen LogP contribution in [0.15, 0.2) is 47.6 Å². The van der Waals surface area contributed by atoms with Crippen LogP contribution in [0.5, 0.6) is 0 Å². The summed E-state index contributed by atoms with van der Waals surface area (Å²) in [5.74, 6) is -8.79. The Morgan fingerprint density at radius 1 is 0.870 bits per heavy atom. The summed E-state index contributed by atoms with van der Waals surface area (Å²) < 4.78 is 29.4. The molecule has 0 aromatic rings. The van der Waals surface area contributed by atoms with Crippen molar-refractivity contribution in [1.82, 2.24) is 4.90 Å².